The van der Waals surface area contributed by atoms with E-state index in [1.165, 1.54) is 39.5 Å². The van der Waals surface area contributed by atoms with Gasteiger partial charge >= 0.3 is 0 Å². The fraction of sp³-hybridized carbons (Fsp3) is 0.250. The van der Waals surface area contributed by atoms with Crippen molar-refractivity contribution in [2.45, 2.75) is 11.8 Å². The summed E-state index contributed by atoms with van der Waals surface area (Å²) in [5.74, 6) is 1.12. The van der Waals surface area contributed by atoms with Gasteiger partial charge in [-0.25, -0.2) is 8.42 Å². The van der Waals surface area contributed by atoms with Gasteiger partial charge < -0.3 is 14.2 Å². The summed E-state index contributed by atoms with van der Waals surface area (Å²) in [5.41, 5.74) is 1.13. The molecule has 2 aromatic carbocycles. The summed E-state index contributed by atoms with van der Waals surface area (Å²) < 4.78 is 44.2. The Bertz CT molecular complexity index is 827. The van der Waals surface area contributed by atoms with Crippen LogP contribution in [0, 0.1) is 6.92 Å². The van der Waals surface area contributed by atoms with E-state index in [0.717, 1.165) is 10.0 Å². The van der Waals surface area contributed by atoms with E-state index in [-0.39, 0.29) is 4.90 Å². The Labute approximate surface area is 149 Å². The third-order valence-corrected chi connectivity index (χ3v) is 5.63. The molecule has 2 aromatic rings. The van der Waals surface area contributed by atoms with Gasteiger partial charge in [0.2, 0.25) is 5.75 Å². The van der Waals surface area contributed by atoms with Crippen molar-refractivity contribution in [3.05, 3.63) is 40.4 Å². The van der Waals surface area contributed by atoms with Gasteiger partial charge in [0, 0.05) is 16.6 Å². The second-order valence-electron chi connectivity index (χ2n) is 4.93. The Morgan fingerprint density at radius 3 is 2.00 bits per heavy atom. The van der Waals surface area contributed by atoms with E-state index in [9.17, 15) is 8.42 Å². The second-order valence-corrected chi connectivity index (χ2v) is 7.47. The highest BCUT2D eigenvalue weighted by molar-refractivity contribution is 9.10. The van der Waals surface area contributed by atoms with Gasteiger partial charge in [-0.3, -0.25) is 4.72 Å². The quantitative estimate of drug-likeness (QED) is 0.779. The number of rotatable bonds is 6. The van der Waals surface area contributed by atoms with Crippen LogP contribution < -0.4 is 18.9 Å². The number of nitrogens with one attached hydrogen (secondary N) is 1. The zero-order valence-corrected chi connectivity index (χ0v) is 16.1. The number of halogens is 1. The minimum Gasteiger partial charge on any atom is -0.493 e. The molecule has 0 heterocycles. The third-order valence-electron chi connectivity index (χ3n) is 3.36. The number of aryl methyl sites for hydroxylation is 1. The average Bonchev–Trinajstić information content (AvgIpc) is 2.55. The van der Waals surface area contributed by atoms with Crippen LogP contribution in [-0.4, -0.2) is 29.7 Å². The van der Waals surface area contributed by atoms with Gasteiger partial charge in [0.1, 0.15) is 0 Å². The lowest BCUT2D eigenvalue weighted by Gasteiger charge is -2.15. The standard InChI is InChI=1S/C16H18BrNO5S/c1-10-7-12(5-6-13(10)17)24(19,20)18-11-8-14(21-2)16(23-4)15(9-11)22-3/h5-9,18H,1-4H3. The first kappa shape index (κ1) is 18.4. The van der Waals surface area contributed by atoms with Gasteiger partial charge in [-0.1, -0.05) is 15.9 Å². The van der Waals surface area contributed by atoms with E-state index in [4.69, 9.17) is 14.2 Å². The van der Waals surface area contributed by atoms with E-state index < -0.39 is 10.0 Å². The molecule has 1 N–H and O–H groups in total. The number of sulfonamides is 1. The topological polar surface area (TPSA) is 73.9 Å². The van der Waals surface area contributed by atoms with Gasteiger partial charge in [0.15, 0.2) is 11.5 Å². The van der Waals surface area contributed by atoms with Crippen LogP contribution in [0.3, 0.4) is 0 Å². The van der Waals surface area contributed by atoms with Crippen LogP contribution in [0.5, 0.6) is 17.2 Å². The molecule has 0 aliphatic carbocycles. The molecule has 0 saturated carbocycles. The fourth-order valence-electron chi connectivity index (χ4n) is 2.14. The predicted octanol–water partition coefficient (Wildman–Crippen LogP) is 3.58. The Morgan fingerprint density at radius 1 is 0.958 bits per heavy atom. The SMILES string of the molecule is COc1cc(NS(=O)(=O)c2ccc(Br)c(C)c2)cc(OC)c1OC. The number of anilines is 1. The first-order chi connectivity index (χ1) is 11.3. The Hall–Kier alpha value is -1.93. The fourth-order valence-corrected chi connectivity index (χ4v) is 3.51. The lowest BCUT2D eigenvalue weighted by Crippen LogP contribution is -2.13. The number of hydrogen-bond donors (Lipinski definition) is 1. The molecule has 0 saturated heterocycles. The molecular formula is C16H18BrNO5S. The lowest BCUT2D eigenvalue weighted by molar-refractivity contribution is 0.325. The summed E-state index contributed by atoms with van der Waals surface area (Å²) >= 11 is 3.35. The van der Waals surface area contributed by atoms with Crippen LogP contribution in [-0.2, 0) is 10.0 Å². The van der Waals surface area contributed by atoms with E-state index >= 15 is 0 Å². The van der Waals surface area contributed by atoms with Crippen molar-refractivity contribution in [2.24, 2.45) is 0 Å². The first-order valence-electron chi connectivity index (χ1n) is 6.91. The second kappa shape index (κ2) is 7.31. The largest absolute Gasteiger partial charge is 0.493 e. The van der Waals surface area contributed by atoms with E-state index in [1.54, 1.807) is 12.1 Å². The van der Waals surface area contributed by atoms with E-state index in [2.05, 4.69) is 20.7 Å². The van der Waals surface area contributed by atoms with Crippen molar-refractivity contribution < 1.29 is 22.6 Å². The van der Waals surface area contributed by atoms with Crippen molar-refractivity contribution in [3.8, 4) is 17.2 Å². The zero-order valence-electron chi connectivity index (χ0n) is 13.7. The molecule has 0 aromatic heterocycles. The Balaban J connectivity index is 2.44. The summed E-state index contributed by atoms with van der Waals surface area (Å²) in [4.78, 5) is 0.164. The maximum absolute atomic E-state index is 12.6. The zero-order chi connectivity index (χ0) is 17.9. The predicted molar refractivity (Wildman–Crippen MR) is 95.8 cm³/mol. The Morgan fingerprint density at radius 2 is 1.54 bits per heavy atom. The number of benzene rings is 2. The number of ether oxygens (including phenoxy) is 3. The van der Waals surface area contributed by atoms with Crippen LogP contribution in [0.1, 0.15) is 5.56 Å². The summed E-state index contributed by atoms with van der Waals surface area (Å²) in [7, 11) is 0.668. The summed E-state index contributed by atoms with van der Waals surface area (Å²) in [6.07, 6.45) is 0. The molecule has 0 atom stereocenters. The van der Waals surface area contributed by atoms with Gasteiger partial charge in [-0.05, 0) is 30.7 Å². The van der Waals surface area contributed by atoms with Crippen molar-refractivity contribution in [2.75, 3.05) is 26.1 Å². The monoisotopic (exact) mass is 415 g/mol. The maximum Gasteiger partial charge on any atom is 0.261 e. The third kappa shape index (κ3) is 3.76. The van der Waals surface area contributed by atoms with Crippen molar-refractivity contribution >= 4 is 31.6 Å². The Kier molecular flexibility index (Phi) is 5.61. The molecule has 6 nitrogen and oxygen atoms in total. The lowest BCUT2D eigenvalue weighted by atomic mass is 10.2. The average molecular weight is 416 g/mol. The van der Waals surface area contributed by atoms with Gasteiger partial charge in [-0.2, -0.15) is 0 Å². The van der Waals surface area contributed by atoms with Crippen LogP contribution in [0.2, 0.25) is 0 Å². The molecule has 8 heteroatoms. The van der Waals surface area contributed by atoms with Crippen LogP contribution in [0.4, 0.5) is 5.69 Å². The van der Waals surface area contributed by atoms with Gasteiger partial charge in [0.25, 0.3) is 10.0 Å². The van der Waals surface area contributed by atoms with Gasteiger partial charge in [-0.15, -0.1) is 0 Å². The summed E-state index contributed by atoms with van der Waals surface area (Å²) in [6, 6.07) is 7.87. The molecule has 0 fully saturated rings. The minimum atomic E-state index is -3.74. The molecule has 0 spiro atoms. The molecule has 0 bridgehead atoms. The van der Waals surface area contributed by atoms with Crippen molar-refractivity contribution in [1.29, 1.82) is 0 Å². The molecule has 24 heavy (non-hydrogen) atoms. The van der Waals surface area contributed by atoms with Gasteiger partial charge in [0.05, 0.1) is 31.9 Å². The van der Waals surface area contributed by atoms with Crippen LogP contribution in [0.15, 0.2) is 39.7 Å². The van der Waals surface area contributed by atoms with Crippen molar-refractivity contribution in [3.63, 3.8) is 0 Å². The summed E-state index contributed by atoms with van der Waals surface area (Å²) in [6.45, 7) is 1.82. The first-order valence-corrected chi connectivity index (χ1v) is 9.19. The molecule has 0 unspecified atom stereocenters. The highest BCUT2D eigenvalue weighted by Crippen LogP contribution is 2.40. The molecule has 130 valence electrons. The van der Waals surface area contributed by atoms with E-state index in [0.29, 0.717) is 22.9 Å². The smallest absolute Gasteiger partial charge is 0.261 e. The molecule has 0 radical (unpaired) electrons. The van der Waals surface area contributed by atoms with Crippen LogP contribution in [0.25, 0.3) is 0 Å². The summed E-state index contributed by atoms with van der Waals surface area (Å²) in [5, 5.41) is 0. The molecule has 0 aliphatic heterocycles. The highest BCUT2D eigenvalue weighted by atomic mass is 79.9. The molecular weight excluding hydrogens is 398 g/mol. The number of hydrogen-bond acceptors (Lipinski definition) is 5. The minimum absolute atomic E-state index is 0.164. The highest BCUT2D eigenvalue weighted by Gasteiger charge is 2.19. The molecule has 2 rings (SSSR count). The van der Waals surface area contributed by atoms with Crippen molar-refractivity contribution in [1.82, 2.24) is 0 Å². The molecule has 0 amide bonds. The van der Waals surface area contributed by atoms with E-state index in [1.807, 2.05) is 6.92 Å². The normalized spacial score (nSPS) is 11.0. The van der Waals surface area contributed by atoms with Crippen LogP contribution >= 0.6 is 15.9 Å². The number of methoxy groups -OCH3 is 3. The maximum atomic E-state index is 12.6. The molecule has 0 aliphatic rings.